The Morgan fingerprint density at radius 3 is 2.48 bits per heavy atom. The van der Waals surface area contributed by atoms with Crippen LogP contribution in [0.3, 0.4) is 0 Å². The Kier molecular flexibility index (Phi) is 6.45. The van der Waals surface area contributed by atoms with Gasteiger partial charge in [0, 0.05) is 3.57 Å². The summed E-state index contributed by atoms with van der Waals surface area (Å²) < 4.78 is 39.3. The number of rotatable bonds is 5. The molecule has 0 bridgehead atoms. The lowest BCUT2D eigenvalue weighted by Crippen LogP contribution is -2.39. The van der Waals surface area contributed by atoms with E-state index in [9.17, 15) is 18.0 Å². The van der Waals surface area contributed by atoms with Crippen LogP contribution in [0.2, 0.25) is 0 Å². The van der Waals surface area contributed by atoms with Crippen molar-refractivity contribution in [3.05, 3.63) is 68.8 Å². The summed E-state index contributed by atoms with van der Waals surface area (Å²) in [6, 6.07) is 11.7. The standard InChI is InChI=1S/C18H17F3INO2/c1-12(10-13-6-5-7-14(11-13)18(19,20)21)23(25-2)17(24)15-8-3-4-9-16(15)22/h3-9,11-12H,10H2,1-2H3/t12-/m1/s1. The molecule has 134 valence electrons. The number of hydrogen-bond acceptors (Lipinski definition) is 2. The van der Waals surface area contributed by atoms with E-state index in [-0.39, 0.29) is 12.3 Å². The second kappa shape index (κ2) is 8.18. The number of amides is 1. The molecular weight excluding hydrogens is 446 g/mol. The van der Waals surface area contributed by atoms with Crippen LogP contribution in [0.4, 0.5) is 13.2 Å². The molecule has 0 fully saturated rings. The molecule has 25 heavy (non-hydrogen) atoms. The van der Waals surface area contributed by atoms with Gasteiger partial charge in [0.1, 0.15) is 0 Å². The molecule has 1 atom stereocenters. The van der Waals surface area contributed by atoms with E-state index in [1.807, 2.05) is 6.07 Å². The summed E-state index contributed by atoms with van der Waals surface area (Å²) in [5, 5.41) is 1.19. The molecule has 0 aromatic heterocycles. The lowest BCUT2D eigenvalue weighted by atomic mass is 10.0. The number of carbonyl (C=O) groups excluding carboxylic acids is 1. The van der Waals surface area contributed by atoms with Crippen molar-refractivity contribution in [2.75, 3.05) is 7.11 Å². The minimum absolute atomic E-state index is 0.243. The van der Waals surface area contributed by atoms with Crippen LogP contribution in [-0.4, -0.2) is 24.1 Å². The van der Waals surface area contributed by atoms with Crippen molar-refractivity contribution in [3.8, 4) is 0 Å². The Bertz CT molecular complexity index is 749. The zero-order chi connectivity index (χ0) is 18.6. The van der Waals surface area contributed by atoms with Crippen molar-refractivity contribution in [1.29, 1.82) is 0 Å². The fourth-order valence-electron chi connectivity index (χ4n) is 2.52. The third-order valence-corrected chi connectivity index (χ3v) is 4.63. The number of alkyl halides is 3. The SMILES string of the molecule is CON(C(=O)c1ccccc1I)[C@H](C)Cc1cccc(C(F)(F)F)c1. The first kappa shape index (κ1) is 19.7. The van der Waals surface area contributed by atoms with Gasteiger partial charge in [-0.1, -0.05) is 30.3 Å². The maximum atomic E-state index is 12.8. The monoisotopic (exact) mass is 463 g/mol. The summed E-state index contributed by atoms with van der Waals surface area (Å²) in [6.45, 7) is 1.73. The van der Waals surface area contributed by atoms with Gasteiger partial charge in [-0.3, -0.25) is 9.63 Å². The van der Waals surface area contributed by atoms with E-state index >= 15 is 0 Å². The first-order chi connectivity index (χ1) is 11.7. The average molecular weight is 463 g/mol. The molecular formula is C18H17F3INO2. The zero-order valence-electron chi connectivity index (χ0n) is 13.7. The highest BCUT2D eigenvalue weighted by atomic mass is 127. The number of hydroxylamine groups is 2. The molecule has 2 aromatic rings. The Balaban J connectivity index is 2.19. The first-order valence-electron chi connectivity index (χ1n) is 7.52. The average Bonchev–Trinajstić information content (AvgIpc) is 2.55. The van der Waals surface area contributed by atoms with E-state index < -0.39 is 17.8 Å². The molecule has 0 aliphatic carbocycles. The molecule has 0 spiro atoms. The van der Waals surface area contributed by atoms with Crippen LogP contribution < -0.4 is 0 Å². The zero-order valence-corrected chi connectivity index (χ0v) is 15.8. The molecule has 0 heterocycles. The van der Waals surface area contributed by atoms with Crippen LogP contribution in [0, 0.1) is 3.57 Å². The van der Waals surface area contributed by atoms with E-state index in [0.29, 0.717) is 11.1 Å². The lowest BCUT2D eigenvalue weighted by Gasteiger charge is -2.27. The van der Waals surface area contributed by atoms with Crippen LogP contribution in [-0.2, 0) is 17.4 Å². The Morgan fingerprint density at radius 2 is 1.88 bits per heavy atom. The Labute approximate surface area is 157 Å². The number of benzene rings is 2. The molecule has 3 nitrogen and oxygen atoms in total. The Morgan fingerprint density at radius 1 is 1.20 bits per heavy atom. The number of carbonyl (C=O) groups is 1. The van der Waals surface area contributed by atoms with Gasteiger partial charge in [0.05, 0.1) is 24.3 Å². The minimum atomic E-state index is -4.39. The fraction of sp³-hybridized carbons (Fsp3) is 0.278. The van der Waals surface area contributed by atoms with Crippen molar-refractivity contribution < 1.29 is 22.8 Å². The summed E-state index contributed by atoms with van der Waals surface area (Å²) in [4.78, 5) is 17.9. The molecule has 1 amide bonds. The molecule has 7 heteroatoms. The van der Waals surface area contributed by atoms with Crippen molar-refractivity contribution in [2.24, 2.45) is 0 Å². The second-order valence-corrected chi connectivity index (χ2v) is 6.71. The molecule has 0 N–H and O–H groups in total. The third kappa shape index (κ3) is 4.94. The summed E-state index contributed by atoms with van der Waals surface area (Å²) in [5.74, 6) is -0.327. The van der Waals surface area contributed by atoms with Crippen LogP contribution in [0.1, 0.15) is 28.4 Å². The van der Waals surface area contributed by atoms with Crippen molar-refractivity contribution >= 4 is 28.5 Å². The van der Waals surface area contributed by atoms with Gasteiger partial charge in [0.2, 0.25) is 0 Å². The van der Waals surface area contributed by atoms with Crippen molar-refractivity contribution in [1.82, 2.24) is 5.06 Å². The van der Waals surface area contributed by atoms with Gasteiger partial charge >= 0.3 is 6.18 Å². The second-order valence-electron chi connectivity index (χ2n) is 5.54. The Hall–Kier alpha value is -1.61. The van der Waals surface area contributed by atoms with Gasteiger partial charge in [0.25, 0.3) is 5.91 Å². The predicted octanol–water partition coefficient (Wildman–Crippen LogP) is 4.94. The van der Waals surface area contributed by atoms with E-state index in [2.05, 4.69) is 22.6 Å². The number of hydrogen-bond donors (Lipinski definition) is 0. The van der Waals surface area contributed by atoms with Crippen LogP contribution in [0.5, 0.6) is 0 Å². The third-order valence-electron chi connectivity index (χ3n) is 3.69. The summed E-state index contributed by atoms with van der Waals surface area (Å²) >= 11 is 2.06. The van der Waals surface area contributed by atoms with Gasteiger partial charge in [-0.25, -0.2) is 5.06 Å². The van der Waals surface area contributed by atoms with Gasteiger partial charge in [0.15, 0.2) is 0 Å². The molecule has 0 unspecified atom stereocenters. The molecule has 0 radical (unpaired) electrons. The minimum Gasteiger partial charge on any atom is -0.274 e. The molecule has 0 aliphatic rings. The van der Waals surface area contributed by atoms with Gasteiger partial charge < -0.3 is 0 Å². The fourth-order valence-corrected chi connectivity index (χ4v) is 3.13. The van der Waals surface area contributed by atoms with Crippen LogP contribution in [0.25, 0.3) is 0 Å². The van der Waals surface area contributed by atoms with E-state index in [0.717, 1.165) is 15.7 Å². The highest BCUT2D eigenvalue weighted by Crippen LogP contribution is 2.30. The number of nitrogens with zero attached hydrogens (tertiary/aromatic N) is 1. The van der Waals surface area contributed by atoms with Gasteiger partial charge in [-0.15, -0.1) is 0 Å². The normalized spacial score (nSPS) is 12.7. The predicted molar refractivity (Wildman–Crippen MR) is 96.9 cm³/mol. The molecule has 0 saturated heterocycles. The maximum absolute atomic E-state index is 12.8. The van der Waals surface area contributed by atoms with E-state index in [1.54, 1.807) is 31.2 Å². The van der Waals surface area contributed by atoms with Crippen molar-refractivity contribution in [2.45, 2.75) is 25.6 Å². The summed E-state index contributed by atoms with van der Waals surface area (Å²) in [6.07, 6.45) is -4.15. The molecule has 2 rings (SSSR count). The van der Waals surface area contributed by atoms with Gasteiger partial charge in [-0.05, 0) is 59.7 Å². The highest BCUT2D eigenvalue weighted by molar-refractivity contribution is 14.1. The first-order valence-corrected chi connectivity index (χ1v) is 8.60. The van der Waals surface area contributed by atoms with E-state index in [4.69, 9.17) is 4.84 Å². The van der Waals surface area contributed by atoms with Crippen LogP contribution >= 0.6 is 22.6 Å². The van der Waals surface area contributed by atoms with Crippen LogP contribution in [0.15, 0.2) is 48.5 Å². The molecule has 2 aromatic carbocycles. The maximum Gasteiger partial charge on any atom is 0.416 e. The molecule has 0 saturated carbocycles. The van der Waals surface area contributed by atoms with Crippen molar-refractivity contribution in [3.63, 3.8) is 0 Å². The highest BCUT2D eigenvalue weighted by Gasteiger charge is 2.31. The topological polar surface area (TPSA) is 29.5 Å². The molecule has 0 aliphatic heterocycles. The number of halogens is 4. The quantitative estimate of drug-likeness (QED) is 0.465. The van der Waals surface area contributed by atoms with Gasteiger partial charge in [-0.2, -0.15) is 13.2 Å². The lowest BCUT2D eigenvalue weighted by molar-refractivity contribution is -0.137. The van der Waals surface area contributed by atoms with E-state index in [1.165, 1.54) is 18.2 Å². The smallest absolute Gasteiger partial charge is 0.274 e. The summed E-state index contributed by atoms with van der Waals surface area (Å²) in [7, 11) is 1.37. The largest absolute Gasteiger partial charge is 0.416 e. The summed E-state index contributed by atoms with van der Waals surface area (Å²) in [5.41, 5.74) is 0.269.